The first-order valence-electron chi connectivity index (χ1n) is 8.36. The zero-order valence-electron chi connectivity index (χ0n) is 13.6. The van der Waals surface area contributed by atoms with Crippen molar-refractivity contribution < 1.29 is 18.7 Å². The van der Waals surface area contributed by atoms with Crippen molar-refractivity contribution >= 4 is 16.7 Å². The van der Waals surface area contributed by atoms with Crippen molar-refractivity contribution in [3.63, 3.8) is 0 Å². The molecular weight excluding hydrogens is 328 g/mol. The fourth-order valence-corrected chi connectivity index (χ4v) is 3.79. The number of likely N-dealkylation sites (tertiary alicyclic amines) is 2. The first kappa shape index (κ1) is 16.4. The number of aromatic nitrogens is 1. The zero-order valence-corrected chi connectivity index (χ0v) is 13.6. The molecule has 25 heavy (non-hydrogen) atoms. The highest BCUT2D eigenvalue weighted by Gasteiger charge is 2.50. The molecule has 1 aromatic heterocycles. The van der Waals surface area contributed by atoms with Gasteiger partial charge in [0.1, 0.15) is 5.69 Å². The topological polar surface area (TPSA) is 56.7 Å². The summed E-state index contributed by atoms with van der Waals surface area (Å²) in [6.07, 6.45) is 1.29. The van der Waals surface area contributed by atoms with Crippen molar-refractivity contribution in [3.8, 4) is 0 Å². The number of aliphatic hydroxyl groups excluding tert-OH is 1. The van der Waals surface area contributed by atoms with Crippen molar-refractivity contribution in [2.24, 2.45) is 0 Å². The number of carbonyl (C=O) groups is 1. The van der Waals surface area contributed by atoms with Crippen LogP contribution in [0.1, 0.15) is 16.9 Å². The van der Waals surface area contributed by atoms with Gasteiger partial charge in [-0.1, -0.05) is 24.3 Å². The number of hydrogen-bond donors (Lipinski definition) is 1. The summed E-state index contributed by atoms with van der Waals surface area (Å²) >= 11 is 0. The molecule has 5 nitrogen and oxygen atoms in total. The van der Waals surface area contributed by atoms with Crippen LogP contribution in [0.3, 0.4) is 0 Å². The van der Waals surface area contributed by atoms with Gasteiger partial charge in [-0.25, -0.2) is 8.78 Å². The fourth-order valence-electron chi connectivity index (χ4n) is 3.79. The molecular formula is C18H19F2N3O2. The Hall–Kier alpha value is -2.12. The van der Waals surface area contributed by atoms with Crippen LogP contribution in [-0.2, 0) is 0 Å². The molecule has 2 aliphatic heterocycles. The van der Waals surface area contributed by atoms with Gasteiger partial charge in [0.25, 0.3) is 11.8 Å². The van der Waals surface area contributed by atoms with Crippen LogP contribution in [0.15, 0.2) is 36.5 Å². The van der Waals surface area contributed by atoms with Crippen LogP contribution in [0.2, 0.25) is 0 Å². The third-order valence-corrected chi connectivity index (χ3v) is 5.12. The van der Waals surface area contributed by atoms with Crippen LogP contribution < -0.4 is 0 Å². The van der Waals surface area contributed by atoms with Gasteiger partial charge in [0.15, 0.2) is 0 Å². The number of hydrogen-bond acceptors (Lipinski definition) is 4. The second-order valence-electron chi connectivity index (χ2n) is 6.81. The number of aliphatic hydroxyl groups is 1. The molecule has 7 heteroatoms. The van der Waals surface area contributed by atoms with Gasteiger partial charge < -0.3 is 10.0 Å². The summed E-state index contributed by atoms with van der Waals surface area (Å²) in [5, 5.41) is 11.1. The Labute approximate surface area is 143 Å². The highest BCUT2D eigenvalue weighted by molar-refractivity contribution is 6.05. The lowest BCUT2D eigenvalue weighted by atomic mass is 10.0. The molecule has 1 aromatic carbocycles. The van der Waals surface area contributed by atoms with Gasteiger partial charge in [-0.3, -0.25) is 14.7 Å². The SMILES string of the molecule is O=C(c1nccc2ccccc12)N1CC(N2CC(F)(F)C[C@H]2CO)C1. The van der Waals surface area contributed by atoms with E-state index >= 15 is 0 Å². The average molecular weight is 347 g/mol. The van der Waals surface area contributed by atoms with Gasteiger partial charge in [-0.15, -0.1) is 0 Å². The van der Waals surface area contributed by atoms with E-state index in [2.05, 4.69) is 4.98 Å². The summed E-state index contributed by atoms with van der Waals surface area (Å²) in [5.74, 6) is -2.95. The number of rotatable bonds is 3. The van der Waals surface area contributed by atoms with E-state index in [0.29, 0.717) is 18.8 Å². The number of benzene rings is 1. The highest BCUT2D eigenvalue weighted by atomic mass is 19.3. The van der Waals surface area contributed by atoms with E-state index in [0.717, 1.165) is 10.8 Å². The molecule has 132 valence electrons. The largest absolute Gasteiger partial charge is 0.395 e. The standard InChI is InChI=1S/C18H19F2N3O2/c19-18(20)7-13(10-24)23(11-18)14-8-22(9-14)17(25)16-15-4-2-1-3-12(15)5-6-21-16/h1-6,13-14,24H,7-11H2/t13-/m0/s1. The molecule has 0 aliphatic carbocycles. The number of alkyl halides is 2. The lowest BCUT2D eigenvalue weighted by Gasteiger charge is -2.45. The number of fused-ring (bicyclic) bond motifs is 1. The minimum atomic E-state index is -2.77. The zero-order chi connectivity index (χ0) is 17.6. The van der Waals surface area contributed by atoms with Gasteiger partial charge >= 0.3 is 0 Å². The molecule has 0 unspecified atom stereocenters. The predicted octanol–water partition coefficient (Wildman–Crippen LogP) is 1.76. The lowest BCUT2D eigenvalue weighted by molar-refractivity contribution is -0.0126. The van der Waals surface area contributed by atoms with Crippen molar-refractivity contribution in [2.75, 3.05) is 26.2 Å². The summed E-state index contributed by atoms with van der Waals surface area (Å²) in [4.78, 5) is 20.2. The molecule has 0 spiro atoms. The maximum absolute atomic E-state index is 13.6. The lowest BCUT2D eigenvalue weighted by Crippen LogP contribution is -2.62. The van der Waals surface area contributed by atoms with E-state index in [9.17, 15) is 18.7 Å². The van der Waals surface area contributed by atoms with Gasteiger partial charge in [-0.2, -0.15) is 0 Å². The Morgan fingerprint density at radius 2 is 2.04 bits per heavy atom. The molecule has 2 fully saturated rings. The Morgan fingerprint density at radius 1 is 1.28 bits per heavy atom. The first-order valence-corrected chi connectivity index (χ1v) is 8.36. The van der Waals surface area contributed by atoms with Gasteiger partial charge in [0.05, 0.1) is 13.2 Å². The fraction of sp³-hybridized carbons (Fsp3) is 0.444. The molecule has 1 N–H and O–H groups in total. The van der Waals surface area contributed by atoms with Crippen molar-refractivity contribution in [1.29, 1.82) is 0 Å². The van der Waals surface area contributed by atoms with E-state index in [-0.39, 0.29) is 31.5 Å². The van der Waals surface area contributed by atoms with E-state index in [4.69, 9.17) is 0 Å². The van der Waals surface area contributed by atoms with Gasteiger partial charge in [0.2, 0.25) is 0 Å². The van der Waals surface area contributed by atoms with Crippen molar-refractivity contribution in [1.82, 2.24) is 14.8 Å². The van der Waals surface area contributed by atoms with Crippen LogP contribution in [0.4, 0.5) is 8.78 Å². The minimum Gasteiger partial charge on any atom is -0.395 e. The second kappa shape index (κ2) is 6.00. The number of amides is 1. The van der Waals surface area contributed by atoms with Crippen LogP contribution in [0, 0.1) is 0 Å². The molecule has 0 bridgehead atoms. The number of pyridine rings is 1. The number of halogens is 2. The molecule has 1 amide bonds. The number of carbonyl (C=O) groups excluding carboxylic acids is 1. The Morgan fingerprint density at radius 3 is 2.80 bits per heavy atom. The molecule has 0 radical (unpaired) electrons. The third-order valence-electron chi connectivity index (χ3n) is 5.12. The van der Waals surface area contributed by atoms with E-state index < -0.39 is 12.0 Å². The summed E-state index contributed by atoms with van der Waals surface area (Å²) in [6.45, 7) is 0.134. The van der Waals surface area contributed by atoms with E-state index in [1.54, 1.807) is 16.0 Å². The average Bonchev–Trinajstić information content (AvgIpc) is 2.87. The van der Waals surface area contributed by atoms with Crippen molar-refractivity contribution in [2.45, 2.75) is 24.4 Å². The highest BCUT2D eigenvalue weighted by Crippen LogP contribution is 2.35. The predicted molar refractivity (Wildman–Crippen MR) is 88.6 cm³/mol. The molecule has 3 heterocycles. The summed E-state index contributed by atoms with van der Waals surface area (Å²) in [6, 6.07) is 8.72. The maximum atomic E-state index is 13.6. The molecule has 2 aromatic rings. The Kier molecular flexibility index (Phi) is 3.92. The van der Waals surface area contributed by atoms with Crippen LogP contribution >= 0.6 is 0 Å². The minimum absolute atomic E-state index is 0.135. The van der Waals surface area contributed by atoms with Crippen LogP contribution in [0.25, 0.3) is 10.8 Å². The van der Waals surface area contributed by atoms with Gasteiger partial charge in [-0.05, 0) is 11.5 Å². The summed E-state index contributed by atoms with van der Waals surface area (Å²) in [7, 11) is 0. The summed E-state index contributed by atoms with van der Waals surface area (Å²) in [5.41, 5.74) is 0.391. The second-order valence-corrected chi connectivity index (χ2v) is 6.81. The molecule has 1 atom stereocenters. The van der Waals surface area contributed by atoms with E-state index in [1.807, 2.05) is 30.3 Å². The monoisotopic (exact) mass is 347 g/mol. The van der Waals surface area contributed by atoms with Crippen molar-refractivity contribution in [3.05, 3.63) is 42.2 Å². The Bertz CT molecular complexity index is 803. The normalized spacial score (nSPS) is 23.8. The molecule has 4 rings (SSSR count). The molecule has 2 saturated heterocycles. The third kappa shape index (κ3) is 2.87. The first-order chi connectivity index (χ1) is 12.0. The smallest absolute Gasteiger partial charge is 0.273 e. The van der Waals surface area contributed by atoms with Gasteiger partial charge in [0, 0.05) is 43.2 Å². The number of nitrogens with zero attached hydrogens (tertiary/aromatic N) is 3. The molecule has 2 aliphatic rings. The van der Waals surface area contributed by atoms with Crippen LogP contribution in [-0.4, -0.2) is 70.0 Å². The molecule has 0 saturated carbocycles. The maximum Gasteiger partial charge on any atom is 0.273 e. The Balaban J connectivity index is 1.48. The van der Waals surface area contributed by atoms with Crippen LogP contribution in [0.5, 0.6) is 0 Å². The quantitative estimate of drug-likeness (QED) is 0.919. The summed E-state index contributed by atoms with van der Waals surface area (Å²) < 4.78 is 27.2. The van der Waals surface area contributed by atoms with E-state index in [1.165, 1.54) is 0 Å².